The standard InChI is InChI=1S/C18H19FN2O3/c1-12(15-5-3-4-6-16(15)19)20-11-17(22)21-14-9-7-13(8-10-14)18(23)24-2/h3-10,12,20H,11H2,1-2H3,(H,21,22). The molecule has 1 amide bonds. The first-order valence-corrected chi connectivity index (χ1v) is 7.47. The third-order valence-corrected chi connectivity index (χ3v) is 3.53. The molecule has 2 aromatic rings. The zero-order chi connectivity index (χ0) is 17.5. The monoisotopic (exact) mass is 330 g/mol. The van der Waals surface area contributed by atoms with E-state index in [4.69, 9.17) is 0 Å². The summed E-state index contributed by atoms with van der Waals surface area (Å²) in [6.45, 7) is 1.82. The molecule has 0 bridgehead atoms. The van der Waals surface area contributed by atoms with E-state index < -0.39 is 5.97 Å². The van der Waals surface area contributed by atoms with E-state index in [1.165, 1.54) is 13.2 Å². The van der Waals surface area contributed by atoms with E-state index >= 15 is 0 Å². The second-order valence-electron chi connectivity index (χ2n) is 5.24. The summed E-state index contributed by atoms with van der Waals surface area (Å²) in [6.07, 6.45) is 0. The van der Waals surface area contributed by atoms with E-state index in [1.807, 2.05) is 0 Å². The maximum absolute atomic E-state index is 13.7. The predicted octanol–water partition coefficient (Wildman–Crippen LogP) is 2.90. The molecule has 0 aliphatic heterocycles. The van der Waals surface area contributed by atoms with Crippen LogP contribution in [0.15, 0.2) is 48.5 Å². The van der Waals surface area contributed by atoms with E-state index in [9.17, 15) is 14.0 Å². The van der Waals surface area contributed by atoms with E-state index in [-0.39, 0.29) is 24.3 Å². The van der Waals surface area contributed by atoms with Crippen LogP contribution in [0.5, 0.6) is 0 Å². The number of anilines is 1. The van der Waals surface area contributed by atoms with Crippen molar-refractivity contribution in [1.29, 1.82) is 0 Å². The van der Waals surface area contributed by atoms with Gasteiger partial charge in [0.05, 0.1) is 19.2 Å². The van der Waals surface area contributed by atoms with E-state index in [1.54, 1.807) is 49.4 Å². The number of benzene rings is 2. The fourth-order valence-electron chi connectivity index (χ4n) is 2.19. The van der Waals surface area contributed by atoms with Crippen molar-refractivity contribution < 1.29 is 18.7 Å². The van der Waals surface area contributed by atoms with Crippen LogP contribution in [0, 0.1) is 5.82 Å². The van der Waals surface area contributed by atoms with Crippen LogP contribution in [0.3, 0.4) is 0 Å². The van der Waals surface area contributed by atoms with E-state index in [0.717, 1.165) is 0 Å². The van der Waals surface area contributed by atoms with Crippen LogP contribution in [-0.4, -0.2) is 25.5 Å². The minimum Gasteiger partial charge on any atom is -0.465 e. The van der Waals surface area contributed by atoms with Gasteiger partial charge in [-0.15, -0.1) is 0 Å². The lowest BCUT2D eigenvalue weighted by molar-refractivity contribution is -0.115. The molecule has 0 aromatic heterocycles. The lowest BCUT2D eigenvalue weighted by atomic mass is 10.1. The topological polar surface area (TPSA) is 67.4 Å². The fraction of sp³-hybridized carbons (Fsp3) is 0.222. The highest BCUT2D eigenvalue weighted by molar-refractivity contribution is 5.93. The Balaban J connectivity index is 1.87. The summed E-state index contributed by atoms with van der Waals surface area (Å²) < 4.78 is 18.3. The minimum atomic E-state index is -0.437. The molecule has 1 unspecified atom stereocenters. The molecule has 24 heavy (non-hydrogen) atoms. The third kappa shape index (κ3) is 4.63. The normalized spacial score (nSPS) is 11.6. The first-order chi connectivity index (χ1) is 11.5. The number of hydrogen-bond donors (Lipinski definition) is 2. The number of ether oxygens (including phenoxy) is 1. The molecule has 126 valence electrons. The molecule has 5 nitrogen and oxygen atoms in total. The Morgan fingerprint density at radius 1 is 1.12 bits per heavy atom. The van der Waals surface area contributed by atoms with Gasteiger partial charge in [-0.25, -0.2) is 9.18 Å². The van der Waals surface area contributed by atoms with Crippen LogP contribution < -0.4 is 10.6 Å². The van der Waals surface area contributed by atoms with Gasteiger partial charge in [0.1, 0.15) is 5.82 Å². The average molecular weight is 330 g/mol. The number of nitrogens with one attached hydrogen (secondary N) is 2. The molecular formula is C18H19FN2O3. The Morgan fingerprint density at radius 2 is 1.79 bits per heavy atom. The van der Waals surface area contributed by atoms with Crippen molar-refractivity contribution in [2.75, 3.05) is 19.0 Å². The first-order valence-electron chi connectivity index (χ1n) is 7.47. The maximum atomic E-state index is 13.7. The lowest BCUT2D eigenvalue weighted by Crippen LogP contribution is -2.30. The molecule has 2 rings (SSSR count). The van der Waals surface area contributed by atoms with E-state index in [2.05, 4.69) is 15.4 Å². The molecule has 0 heterocycles. The van der Waals surface area contributed by atoms with Crippen molar-refractivity contribution in [2.24, 2.45) is 0 Å². The summed E-state index contributed by atoms with van der Waals surface area (Å²) in [5.41, 5.74) is 1.47. The van der Waals surface area contributed by atoms with Crippen molar-refractivity contribution in [1.82, 2.24) is 5.32 Å². The van der Waals surface area contributed by atoms with Gasteiger partial charge in [0.25, 0.3) is 0 Å². The van der Waals surface area contributed by atoms with Crippen LogP contribution >= 0.6 is 0 Å². The third-order valence-electron chi connectivity index (χ3n) is 3.53. The van der Waals surface area contributed by atoms with Gasteiger partial charge in [-0.1, -0.05) is 18.2 Å². The predicted molar refractivity (Wildman–Crippen MR) is 89.2 cm³/mol. The summed E-state index contributed by atoms with van der Waals surface area (Å²) >= 11 is 0. The van der Waals surface area contributed by atoms with Crippen LogP contribution in [0.4, 0.5) is 10.1 Å². The second-order valence-corrected chi connectivity index (χ2v) is 5.24. The molecule has 0 saturated heterocycles. The number of methoxy groups -OCH3 is 1. The SMILES string of the molecule is COC(=O)c1ccc(NC(=O)CNC(C)c2ccccc2F)cc1. The molecule has 0 radical (unpaired) electrons. The van der Waals surface area contributed by atoms with Crippen molar-refractivity contribution >= 4 is 17.6 Å². The maximum Gasteiger partial charge on any atom is 0.337 e. The highest BCUT2D eigenvalue weighted by Crippen LogP contribution is 2.16. The summed E-state index contributed by atoms with van der Waals surface area (Å²) in [7, 11) is 1.31. The molecular weight excluding hydrogens is 311 g/mol. The van der Waals surface area contributed by atoms with Gasteiger partial charge < -0.3 is 15.4 Å². The minimum absolute atomic E-state index is 0.0360. The zero-order valence-electron chi connectivity index (χ0n) is 13.5. The zero-order valence-corrected chi connectivity index (χ0v) is 13.5. The molecule has 2 aromatic carbocycles. The Kier molecular flexibility index (Phi) is 6.03. The van der Waals surface area contributed by atoms with Crippen molar-refractivity contribution in [3.05, 3.63) is 65.5 Å². The molecule has 0 fully saturated rings. The number of carbonyl (C=O) groups excluding carboxylic acids is 2. The summed E-state index contributed by atoms with van der Waals surface area (Å²) in [5, 5.41) is 5.67. The smallest absolute Gasteiger partial charge is 0.337 e. The summed E-state index contributed by atoms with van der Waals surface area (Å²) in [4.78, 5) is 23.3. The van der Waals surface area contributed by atoms with Crippen LogP contribution in [0.2, 0.25) is 0 Å². The van der Waals surface area contributed by atoms with Gasteiger partial charge in [0.2, 0.25) is 5.91 Å². The largest absolute Gasteiger partial charge is 0.465 e. The van der Waals surface area contributed by atoms with Gasteiger partial charge in [-0.2, -0.15) is 0 Å². The van der Waals surface area contributed by atoms with Gasteiger partial charge in [0.15, 0.2) is 0 Å². The number of rotatable bonds is 6. The summed E-state index contributed by atoms with van der Waals surface area (Å²) in [6, 6.07) is 12.5. The van der Waals surface area contributed by atoms with Crippen LogP contribution in [0.1, 0.15) is 28.9 Å². The Morgan fingerprint density at radius 3 is 2.42 bits per heavy atom. The number of hydrogen-bond acceptors (Lipinski definition) is 4. The van der Waals surface area contributed by atoms with Crippen LogP contribution in [0.25, 0.3) is 0 Å². The highest BCUT2D eigenvalue weighted by atomic mass is 19.1. The molecule has 1 atom stereocenters. The number of carbonyl (C=O) groups is 2. The quantitative estimate of drug-likeness (QED) is 0.799. The molecule has 0 saturated carbocycles. The first kappa shape index (κ1) is 17.6. The van der Waals surface area contributed by atoms with Gasteiger partial charge >= 0.3 is 5.97 Å². The molecule has 0 aliphatic carbocycles. The molecule has 6 heteroatoms. The van der Waals surface area contributed by atoms with Crippen molar-refractivity contribution in [2.45, 2.75) is 13.0 Å². The van der Waals surface area contributed by atoms with E-state index in [0.29, 0.717) is 16.8 Å². The number of amides is 1. The number of halogens is 1. The van der Waals surface area contributed by atoms with Gasteiger partial charge in [0, 0.05) is 17.3 Å². The Hall–Kier alpha value is -2.73. The highest BCUT2D eigenvalue weighted by Gasteiger charge is 2.12. The van der Waals surface area contributed by atoms with Gasteiger partial charge in [-0.3, -0.25) is 4.79 Å². The van der Waals surface area contributed by atoms with Crippen molar-refractivity contribution in [3.63, 3.8) is 0 Å². The molecule has 0 aliphatic rings. The average Bonchev–Trinajstić information content (AvgIpc) is 2.60. The lowest BCUT2D eigenvalue weighted by Gasteiger charge is -2.15. The van der Waals surface area contributed by atoms with Crippen molar-refractivity contribution in [3.8, 4) is 0 Å². The second kappa shape index (κ2) is 8.21. The van der Waals surface area contributed by atoms with Gasteiger partial charge in [-0.05, 0) is 37.3 Å². The summed E-state index contributed by atoms with van der Waals surface area (Å²) in [5.74, 6) is -1.01. The van der Waals surface area contributed by atoms with Crippen LogP contribution in [-0.2, 0) is 9.53 Å². The Bertz CT molecular complexity index is 716. The molecule has 2 N–H and O–H groups in total. The fourth-order valence-corrected chi connectivity index (χ4v) is 2.19. The Labute approximate surface area is 139 Å². The number of esters is 1. The molecule has 0 spiro atoms.